The topological polar surface area (TPSA) is 76.4 Å². The number of fused-ring (bicyclic) bond motifs is 1. The molecule has 0 aliphatic carbocycles. The number of nitrogens with zero attached hydrogens (tertiary/aromatic N) is 2. The van der Waals surface area contributed by atoms with Crippen LogP contribution in [0.1, 0.15) is 16.5 Å². The van der Waals surface area contributed by atoms with E-state index in [-0.39, 0.29) is 16.9 Å². The van der Waals surface area contributed by atoms with E-state index in [2.05, 4.69) is 10.3 Å². The van der Waals surface area contributed by atoms with Crippen molar-refractivity contribution in [3.05, 3.63) is 66.1 Å². The average Bonchev–Trinajstić information content (AvgIpc) is 2.98. The smallest absolute Gasteiger partial charge is 0.235 e. The van der Waals surface area contributed by atoms with Crippen molar-refractivity contribution in [1.29, 1.82) is 0 Å². The Hall–Kier alpha value is -2.93. The van der Waals surface area contributed by atoms with E-state index in [1.54, 1.807) is 18.5 Å². The van der Waals surface area contributed by atoms with Crippen molar-refractivity contribution in [2.45, 2.75) is 5.25 Å². The highest BCUT2D eigenvalue weighted by Gasteiger charge is 2.29. The number of benzene rings is 2. The van der Waals surface area contributed by atoms with Crippen LogP contribution in [-0.4, -0.2) is 33.4 Å². The SMILES string of the molecule is COc1ccc(C2SCC(=O)Nc3ncn(-c4ccccc4)c32)cc1O. The Bertz CT molecular complexity index is 956. The van der Waals surface area contributed by atoms with Gasteiger partial charge in [0.05, 0.1) is 23.8 Å². The molecule has 0 saturated heterocycles. The minimum atomic E-state index is -0.163. The summed E-state index contributed by atoms with van der Waals surface area (Å²) in [4.78, 5) is 16.5. The predicted octanol–water partition coefficient (Wildman–Crippen LogP) is 3.36. The van der Waals surface area contributed by atoms with Crippen LogP contribution in [-0.2, 0) is 4.79 Å². The number of hydrogen-bond donors (Lipinski definition) is 2. The summed E-state index contributed by atoms with van der Waals surface area (Å²) >= 11 is 1.50. The van der Waals surface area contributed by atoms with Crippen molar-refractivity contribution in [3.8, 4) is 17.2 Å². The molecule has 3 aromatic rings. The van der Waals surface area contributed by atoms with Gasteiger partial charge in [-0.3, -0.25) is 9.36 Å². The van der Waals surface area contributed by atoms with Gasteiger partial charge in [-0.25, -0.2) is 4.98 Å². The third kappa shape index (κ3) is 2.90. The molecule has 132 valence electrons. The molecule has 0 fully saturated rings. The van der Waals surface area contributed by atoms with E-state index in [9.17, 15) is 9.90 Å². The molecule has 0 saturated carbocycles. The fourth-order valence-corrected chi connectivity index (χ4v) is 4.14. The number of phenolic OH excluding ortho intramolecular Hbond substituents is 1. The van der Waals surface area contributed by atoms with Gasteiger partial charge in [-0.2, -0.15) is 0 Å². The number of thioether (sulfide) groups is 1. The minimum Gasteiger partial charge on any atom is -0.504 e. The first-order valence-electron chi connectivity index (χ1n) is 8.08. The fourth-order valence-electron chi connectivity index (χ4n) is 3.03. The maximum absolute atomic E-state index is 12.1. The van der Waals surface area contributed by atoms with Gasteiger partial charge in [0.1, 0.15) is 6.33 Å². The first-order chi connectivity index (χ1) is 12.7. The van der Waals surface area contributed by atoms with Crippen LogP contribution in [0.15, 0.2) is 54.9 Å². The summed E-state index contributed by atoms with van der Waals surface area (Å²) in [6.45, 7) is 0. The molecule has 0 spiro atoms. The lowest BCUT2D eigenvalue weighted by Crippen LogP contribution is -2.12. The predicted molar refractivity (Wildman–Crippen MR) is 101 cm³/mol. The second-order valence-electron chi connectivity index (χ2n) is 5.85. The van der Waals surface area contributed by atoms with E-state index >= 15 is 0 Å². The van der Waals surface area contributed by atoms with Gasteiger partial charge >= 0.3 is 0 Å². The van der Waals surface area contributed by atoms with E-state index in [1.165, 1.54) is 18.9 Å². The Balaban J connectivity index is 1.86. The van der Waals surface area contributed by atoms with E-state index in [0.29, 0.717) is 17.3 Å². The lowest BCUT2D eigenvalue weighted by molar-refractivity contribution is -0.113. The lowest BCUT2D eigenvalue weighted by Gasteiger charge is -2.19. The largest absolute Gasteiger partial charge is 0.504 e. The number of carbonyl (C=O) groups is 1. The van der Waals surface area contributed by atoms with Crippen LogP contribution < -0.4 is 10.1 Å². The quantitative estimate of drug-likeness (QED) is 0.742. The number of hydrogen-bond acceptors (Lipinski definition) is 5. The number of aromatic nitrogens is 2. The molecule has 0 radical (unpaired) electrons. The van der Waals surface area contributed by atoms with Crippen LogP contribution in [0.5, 0.6) is 11.5 Å². The Morgan fingerprint density at radius 2 is 2.08 bits per heavy atom. The third-order valence-corrected chi connectivity index (χ3v) is 5.49. The standard InChI is InChI=1S/C19H17N3O3S/c1-25-15-8-7-12(9-14(15)23)18-17-19(21-16(24)10-26-18)20-11-22(17)13-5-3-2-4-6-13/h2-9,11,18,23H,10H2,1H3,(H,21,24). The number of imidazole rings is 1. The summed E-state index contributed by atoms with van der Waals surface area (Å²) in [6, 6.07) is 15.2. The van der Waals surface area contributed by atoms with Crippen molar-refractivity contribution in [1.82, 2.24) is 9.55 Å². The van der Waals surface area contributed by atoms with Crippen LogP contribution in [0.4, 0.5) is 5.82 Å². The summed E-state index contributed by atoms with van der Waals surface area (Å²) < 4.78 is 7.11. The molecular weight excluding hydrogens is 350 g/mol. The van der Waals surface area contributed by atoms with Crippen molar-refractivity contribution in [2.75, 3.05) is 18.2 Å². The maximum Gasteiger partial charge on any atom is 0.235 e. The zero-order chi connectivity index (χ0) is 18.1. The van der Waals surface area contributed by atoms with Crippen LogP contribution in [0, 0.1) is 0 Å². The number of aromatic hydroxyl groups is 1. The first-order valence-corrected chi connectivity index (χ1v) is 9.13. The molecule has 0 bridgehead atoms. The molecule has 6 nitrogen and oxygen atoms in total. The lowest BCUT2D eigenvalue weighted by atomic mass is 10.1. The van der Waals surface area contributed by atoms with Gasteiger partial charge in [0.25, 0.3) is 0 Å². The minimum absolute atomic E-state index is 0.0708. The van der Waals surface area contributed by atoms with Gasteiger partial charge < -0.3 is 15.2 Å². The molecule has 1 unspecified atom stereocenters. The molecule has 1 amide bonds. The molecule has 1 atom stereocenters. The summed E-state index contributed by atoms with van der Waals surface area (Å²) in [5, 5.41) is 12.9. The molecule has 2 heterocycles. The van der Waals surface area contributed by atoms with Crippen molar-refractivity contribution >= 4 is 23.5 Å². The van der Waals surface area contributed by atoms with Gasteiger partial charge in [-0.1, -0.05) is 24.3 Å². The van der Waals surface area contributed by atoms with E-state index in [1.807, 2.05) is 41.0 Å². The number of carbonyl (C=O) groups excluding carboxylic acids is 1. The number of amides is 1. The second kappa shape index (κ2) is 6.76. The molecule has 2 aromatic carbocycles. The van der Waals surface area contributed by atoms with Crippen LogP contribution in [0.2, 0.25) is 0 Å². The number of anilines is 1. The number of ether oxygens (including phenoxy) is 1. The molecule has 7 heteroatoms. The number of rotatable bonds is 3. The molecule has 1 aromatic heterocycles. The molecule has 4 rings (SSSR count). The van der Waals surface area contributed by atoms with Gasteiger partial charge in [0.2, 0.25) is 5.91 Å². The summed E-state index contributed by atoms with van der Waals surface area (Å²) in [6.07, 6.45) is 1.71. The molecule has 1 aliphatic heterocycles. The van der Waals surface area contributed by atoms with Crippen LogP contribution in [0.3, 0.4) is 0 Å². The monoisotopic (exact) mass is 367 g/mol. The highest BCUT2D eigenvalue weighted by molar-refractivity contribution is 8.00. The van der Waals surface area contributed by atoms with Gasteiger partial charge in [0.15, 0.2) is 17.3 Å². The van der Waals surface area contributed by atoms with Crippen molar-refractivity contribution < 1.29 is 14.6 Å². The highest BCUT2D eigenvalue weighted by atomic mass is 32.2. The summed E-state index contributed by atoms with van der Waals surface area (Å²) in [5.41, 5.74) is 2.71. The van der Waals surface area contributed by atoms with E-state index < -0.39 is 0 Å². The maximum atomic E-state index is 12.1. The van der Waals surface area contributed by atoms with Crippen molar-refractivity contribution in [3.63, 3.8) is 0 Å². The average molecular weight is 367 g/mol. The number of phenols is 1. The van der Waals surface area contributed by atoms with Crippen LogP contribution in [0.25, 0.3) is 5.69 Å². The van der Waals surface area contributed by atoms with Crippen molar-refractivity contribution in [2.24, 2.45) is 0 Å². The highest BCUT2D eigenvalue weighted by Crippen LogP contribution is 2.43. The van der Waals surface area contributed by atoms with E-state index in [0.717, 1.165) is 16.9 Å². The molecular formula is C19H17N3O3S. The van der Waals surface area contributed by atoms with E-state index in [4.69, 9.17) is 4.74 Å². The van der Waals surface area contributed by atoms with Gasteiger partial charge in [-0.05, 0) is 29.8 Å². The summed E-state index contributed by atoms with van der Waals surface area (Å²) in [5.74, 6) is 1.25. The zero-order valence-electron chi connectivity index (χ0n) is 14.0. The Kier molecular flexibility index (Phi) is 4.30. The second-order valence-corrected chi connectivity index (χ2v) is 6.95. The number of methoxy groups -OCH3 is 1. The zero-order valence-corrected chi connectivity index (χ0v) is 14.9. The normalized spacial score (nSPS) is 16.5. The Morgan fingerprint density at radius 1 is 1.27 bits per heavy atom. The molecule has 1 aliphatic rings. The Labute approximate surface area is 154 Å². The third-order valence-electron chi connectivity index (χ3n) is 4.23. The van der Waals surface area contributed by atoms with Gasteiger partial charge in [0, 0.05) is 5.69 Å². The number of nitrogens with one attached hydrogen (secondary N) is 1. The van der Waals surface area contributed by atoms with Gasteiger partial charge in [-0.15, -0.1) is 11.8 Å². The Morgan fingerprint density at radius 3 is 2.81 bits per heavy atom. The fraction of sp³-hybridized carbons (Fsp3) is 0.158. The summed E-state index contributed by atoms with van der Waals surface area (Å²) in [7, 11) is 1.51. The first kappa shape index (κ1) is 16.5. The number of para-hydroxylation sites is 1. The molecule has 2 N–H and O–H groups in total. The van der Waals surface area contributed by atoms with Crippen LogP contribution >= 0.6 is 11.8 Å². The molecule has 26 heavy (non-hydrogen) atoms.